The van der Waals surface area contributed by atoms with Crippen LogP contribution in [0.2, 0.25) is 0 Å². The number of ether oxygens (including phenoxy) is 1. The van der Waals surface area contributed by atoms with Crippen molar-refractivity contribution in [2.45, 2.75) is 45.6 Å². The number of rotatable bonds is 6. The van der Waals surface area contributed by atoms with Gasteiger partial charge in [0.15, 0.2) is 9.84 Å². The van der Waals surface area contributed by atoms with Crippen molar-refractivity contribution in [1.29, 1.82) is 0 Å². The molecule has 3 aliphatic rings. The Morgan fingerprint density at radius 3 is 2.62 bits per heavy atom. The van der Waals surface area contributed by atoms with Crippen molar-refractivity contribution in [2.24, 2.45) is 23.2 Å². The van der Waals surface area contributed by atoms with E-state index in [0.29, 0.717) is 23.3 Å². The fraction of sp³-hybridized carbons (Fsp3) is 1.00. The van der Waals surface area contributed by atoms with Crippen molar-refractivity contribution in [3.63, 3.8) is 0 Å². The second kappa shape index (κ2) is 5.82. The highest BCUT2D eigenvalue weighted by Crippen LogP contribution is 2.53. The molecule has 0 radical (unpaired) electrons. The lowest BCUT2D eigenvalue weighted by Crippen LogP contribution is -2.48. The quantitative estimate of drug-likeness (QED) is 0.813. The zero-order valence-corrected chi connectivity index (χ0v) is 14.1. The van der Waals surface area contributed by atoms with Crippen LogP contribution in [0.3, 0.4) is 0 Å². The van der Waals surface area contributed by atoms with Gasteiger partial charge in [0.2, 0.25) is 0 Å². The monoisotopic (exact) mass is 315 g/mol. The lowest BCUT2D eigenvalue weighted by molar-refractivity contribution is 0.00474. The van der Waals surface area contributed by atoms with Gasteiger partial charge in [0, 0.05) is 18.6 Å². The molecule has 1 saturated carbocycles. The molecular weight excluding hydrogens is 286 g/mol. The van der Waals surface area contributed by atoms with Crippen LogP contribution in [0.1, 0.15) is 39.5 Å². The number of hydrogen-bond acceptors (Lipinski definition) is 4. The van der Waals surface area contributed by atoms with Gasteiger partial charge in [0.1, 0.15) is 0 Å². The van der Waals surface area contributed by atoms with Crippen molar-refractivity contribution in [3.8, 4) is 0 Å². The Labute approximate surface area is 128 Å². The maximum atomic E-state index is 12.0. The molecule has 0 aromatic carbocycles. The highest BCUT2D eigenvalue weighted by Gasteiger charge is 2.56. The third-order valence-electron chi connectivity index (χ3n) is 5.53. The summed E-state index contributed by atoms with van der Waals surface area (Å²) in [6.07, 6.45) is 4.67. The molecule has 3 atom stereocenters. The maximum Gasteiger partial charge on any atom is 0.150 e. The van der Waals surface area contributed by atoms with E-state index >= 15 is 0 Å². The molecule has 21 heavy (non-hydrogen) atoms. The molecule has 3 fully saturated rings. The van der Waals surface area contributed by atoms with Crippen LogP contribution in [0.15, 0.2) is 0 Å². The highest BCUT2D eigenvalue weighted by atomic mass is 32.2. The summed E-state index contributed by atoms with van der Waals surface area (Å²) in [4.78, 5) is 0. The van der Waals surface area contributed by atoms with E-state index in [2.05, 4.69) is 19.2 Å². The highest BCUT2D eigenvalue weighted by molar-refractivity contribution is 7.91. The van der Waals surface area contributed by atoms with Gasteiger partial charge in [0.25, 0.3) is 0 Å². The Kier molecular flexibility index (Phi) is 4.37. The van der Waals surface area contributed by atoms with Gasteiger partial charge in [-0.3, -0.25) is 0 Å². The molecule has 4 nitrogen and oxygen atoms in total. The number of nitrogens with one attached hydrogen (secondary N) is 1. The lowest BCUT2D eigenvalue weighted by atomic mass is 9.68. The van der Waals surface area contributed by atoms with Gasteiger partial charge in [-0.15, -0.1) is 0 Å². The Hall–Kier alpha value is -0.130. The Morgan fingerprint density at radius 2 is 2.05 bits per heavy atom. The van der Waals surface area contributed by atoms with Crippen LogP contribution >= 0.6 is 0 Å². The van der Waals surface area contributed by atoms with Crippen molar-refractivity contribution in [2.75, 3.05) is 31.2 Å². The van der Waals surface area contributed by atoms with Gasteiger partial charge in [0.05, 0.1) is 17.6 Å². The first-order chi connectivity index (χ1) is 9.93. The molecule has 2 aliphatic heterocycles. The summed E-state index contributed by atoms with van der Waals surface area (Å²) in [5, 5.41) is 3.61. The molecule has 0 aromatic heterocycles. The molecule has 1 N–H and O–H groups in total. The van der Waals surface area contributed by atoms with Crippen LogP contribution < -0.4 is 5.32 Å². The minimum atomic E-state index is -2.82. The molecule has 0 aromatic rings. The minimum Gasteiger partial charge on any atom is -0.377 e. The predicted molar refractivity (Wildman–Crippen MR) is 84.0 cm³/mol. The van der Waals surface area contributed by atoms with E-state index in [0.717, 1.165) is 32.5 Å². The molecule has 0 spiro atoms. The van der Waals surface area contributed by atoms with Crippen molar-refractivity contribution in [3.05, 3.63) is 0 Å². The molecule has 0 bridgehead atoms. The van der Waals surface area contributed by atoms with Crippen LogP contribution in [-0.2, 0) is 14.6 Å². The SMILES string of the molecule is CC(C)CNCC1(C2CCS(=O)(=O)C2)CCOC1C1CC1. The van der Waals surface area contributed by atoms with E-state index in [4.69, 9.17) is 4.74 Å². The standard InChI is InChI=1S/C16H29NO3S/c1-12(2)9-17-11-16(14-5-8-21(18,19)10-14)6-7-20-15(16)13-3-4-13/h12-15,17H,3-11H2,1-2H3. The van der Waals surface area contributed by atoms with Crippen LogP contribution in [0.4, 0.5) is 0 Å². The molecule has 122 valence electrons. The zero-order valence-electron chi connectivity index (χ0n) is 13.3. The van der Waals surface area contributed by atoms with E-state index in [1.165, 1.54) is 12.8 Å². The summed E-state index contributed by atoms with van der Waals surface area (Å²) in [6, 6.07) is 0. The van der Waals surface area contributed by atoms with Gasteiger partial charge in [-0.1, -0.05) is 13.8 Å². The van der Waals surface area contributed by atoms with Crippen molar-refractivity contribution < 1.29 is 13.2 Å². The average Bonchev–Trinajstić information content (AvgIpc) is 3.04. The molecule has 2 heterocycles. The summed E-state index contributed by atoms with van der Waals surface area (Å²) in [6.45, 7) is 7.15. The van der Waals surface area contributed by atoms with Gasteiger partial charge in [-0.25, -0.2) is 8.42 Å². The molecular formula is C16H29NO3S. The smallest absolute Gasteiger partial charge is 0.150 e. The van der Waals surface area contributed by atoms with Gasteiger partial charge < -0.3 is 10.1 Å². The first-order valence-corrected chi connectivity index (χ1v) is 10.3. The summed E-state index contributed by atoms with van der Waals surface area (Å²) in [5.74, 6) is 2.34. The van der Waals surface area contributed by atoms with Crippen LogP contribution in [0.5, 0.6) is 0 Å². The van der Waals surface area contributed by atoms with Gasteiger partial charge in [-0.2, -0.15) is 0 Å². The third-order valence-corrected chi connectivity index (χ3v) is 7.30. The molecule has 1 aliphatic carbocycles. The van der Waals surface area contributed by atoms with E-state index in [1.807, 2.05) is 0 Å². The molecule has 2 saturated heterocycles. The van der Waals surface area contributed by atoms with Crippen molar-refractivity contribution >= 4 is 9.84 Å². The molecule has 0 amide bonds. The topological polar surface area (TPSA) is 55.4 Å². The second-order valence-corrected chi connectivity index (χ2v) is 9.97. The normalized spacial score (nSPS) is 39.2. The zero-order chi connectivity index (χ0) is 15.1. The predicted octanol–water partition coefficient (Wildman–Crippen LogP) is 1.85. The average molecular weight is 315 g/mol. The first kappa shape index (κ1) is 15.8. The number of sulfone groups is 1. The molecule has 5 heteroatoms. The van der Waals surface area contributed by atoms with Crippen molar-refractivity contribution in [1.82, 2.24) is 5.32 Å². The Bertz CT molecular complexity index is 472. The van der Waals surface area contributed by atoms with E-state index in [1.54, 1.807) is 0 Å². The second-order valence-electron chi connectivity index (χ2n) is 7.74. The van der Waals surface area contributed by atoms with E-state index in [9.17, 15) is 8.42 Å². The molecule has 3 unspecified atom stereocenters. The van der Waals surface area contributed by atoms with Gasteiger partial charge in [-0.05, 0) is 50.0 Å². The Morgan fingerprint density at radius 1 is 1.29 bits per heavy atom. The summed E-state index contributed by atoms with van der Waals surface area (Å²) in [7, 11) is -2.82. The fourth-order valence-corrected chi connectivity index (χ4v) is 6.22. The first-order valence-electron chi connectivity index (χ1n) is 8.46. The summed E-state index contributed by atoms with van der Waals surface area (Å²) >= 11 is 0. The van der Waals surface area contributed by atoms with E-state index in [-0.39, 0.29) is 17.4 Å². The van der Waals surface area contributed by atoms with Crippen LogP contribution in [-0.4, -0.2) is 45.7 Å². The fourth-order valence-electron chi connectivity index (χ4n) is 4.30. The largest absolute Gasteiger partial charge is 0.377 e. The minimum absolute atomic E-state index is 0.0552. The summed E-state index contributed by atoms with van der Waals surface area (Å²) < 4.78 is 30.0. The Balaban J connectivity index is 1.77. The maximum absolute atomic E-state index is 12.0. The van der Waals surface area contributed by atoms with Crippen LogP contribution in [0.25, 0.3) is 0 Å². The van der Waals surface area contributed by atoms with Gasteiger partial charge >= 0.3 is 0 Å². The summed E-state index contributed by atoms with van der Waals surface area (Å²) in [5.41, 5.74) is 0.0552. The third kappa shape index (κ3) is 3.30. The lowest BCUT2D eigenvalue weighted by Gasteiger charge is -2.40. The van der Waals surface area contributed by atoms with E-state index < -0.39 is 9.84 Å². The van der Waals surface area contributed by atoms with Crippen LogP contribution in [0, 0.1) is 23.2 Å². The molecule has 3 rings (SSSR count). The number of hydrogen-bond donors (Lipinski definition) is 1.